The van der Waals surface area contributed by atoms with Crippen LogP contribution in [0.15, 0.2) is 24.3 Å². The summed E-state index contributed by atoms with van der Waals surface area (Å²) in [5.74, 6) is 0.246. The summed E-state index contributed by atoms with van der Waals surface area (Å²) >= 11 is 0. The molecule has 1 N–H and O–H groups in total. The number of nitrogens with zero attached hydrogens (tertiary/aromatic N) is 1. The Balaban J connectivity index is 1.94. The SMILES string of the molecule is CCOc1ccccc1NC(=O)CN(CC1CCCO1)C(C)=O. The lowest BCUT2D eigenvalue weighted by Crippen LogP contribution is -2.41. The Labute approximate surface area is 136 Å². The predicted molar refractivity (Wildman–Crippen MR) is 87.5 cm³/mol. The van der Waals surface area contributed by atoms with Crippen LogP contribution in [-0.4, -0.2) is 49.1 Å². The van der Waals surface area contributed by atoms with Crippen molar-refractivity contribution in [2.45, 2.75) is 32.8 Å². The van der Waals surface area contributed by atoms with Gasteiger partial charge in [-0.3, -0.25) is 9.59 Å². The Hall–Kier alpha value is -2.08. The number of ether oxygens (including phenoxy) is 2. The molecule has 1 unspecified atom stereocenters. The first-order chi connectivity index (χ1) is 11.1. The van der Waals surface area contributed by atoms with E-state index in [-0.39, 0.29) is 24.5 Å². The lowest BCUT2D eigenvalue weighted by Gasteiger charge is -2.23. The van der Waals surface area contributed by atoms with Crippen molar-refractivity contribution >= 4 is 17.5 Å². The number of benzene rings is 1. The number of hydrogen-bond donors (Lipinski definition) is 1. The standard InChI is InChI=1S/C17H24N2O4/c1-3-22-16-9-5-4-8-15(16)18-17(21)12-19(13(2)20)11-14-7-6-10-23-14/h4-5,8-9,14H,3,6-7,10-12H2,1-2H3,(H,18,21). The van der Waals surface area contributed by atoms with Crippen molar-refractivity contribution < 1.29 is 19.1 Å². The molecular formula is C17H24N2O4. The third-order valence-corrected chi connectivity index (χ3v) is 3.69. The maximum Gasteiger partial charge on any atom is 0.244 e. The van der Waals surface area contributed by atoms with Crippen molar-refractivity contribution in [1.82, 2.24) is 4.90 Å². The van der Waals surface area contributed by atoms with Crippen molar-refractivity contribution in [2.24, 2.45) is 0 Å². The number of amides is 2. The highest BCUT2D eigenvalue weighted by molar-refractivity contribution is 5.95. The minimum Gasteiger partial charge on any atom is -0.492 e. The van der Waals surface area contributed by atoms with E-state index in [1.165, 1.54) is 11.8 Å². The fourth-order valence-electron chi connectivity index (χ4n) is 2.55. The van der Waals surface area contributed by atoms with Crippen molar-refractivity contribution in [3.05, 3.63) is 24.3 Å². The molecule has 0 aromatic heterocycles. The second-order valence-electron chi connectivity index (χ2n) is 5.51. The van der Waals surface area contributed by atoms with Gasteiger partial charge in [-0.05, 0) is 31.9 Å². The van der Waals surface area contributed by atoms with Crippen LogP contribution in [0.2, 0.25) is 0 Å². The number of carbonyl (C=O) groups excluding carboxylic acids is 2. The van der Waals surface area contributed by atoms with Gasteiger partial charge in [-0.2, -0.15) is 0 Å². The molecule has 6 nitrogen and oxygen atoms in total. The fraction of sp³-hybridized carbons (Fsp3) is 0.529. The van der Waals surface area contributed by atoms with E-state index in [0.29, 0.717) is 24.6 Å². The molecule has 1 fully saturated rings. The van der Waals surface area contributed by atoms with Crippen LogP contribution in [0, 0.1) is 0 Å². The van der Waals surface area contributed by atoms with Gasteiger partial charge >= 0.3 is 0 Å². The van der Waals surface area contributed by atoms with E-state index < -0.39 is 0 Å². The highest BCUT2D eigenvalue weighted by atomic mass is 16.5. The monoisotopic (exact) mass is 320 g/mol. The fourth-order valence-corrected chi connectivity index (χ4v) is 2.55. The highest BCUT2D eigenvalue weighted by Crippen LogP contribution is 2.23. The Bertz CT molecular complexity index is 541. The van der Waals surface area contributed by atoms with E-state index >= 15 is 0 Å². The minimum atomic E-state index is -0.245. The number of hydrogen-bond acceptors (Lipinski definition) is 4. The van der Waals surface area contributed by atoms with Gasteiger partial charge in [-0.1, -0.05) is 12.1 Å². The summed E-state index contributed by atoms with van der Waals surface area (Å²) in [4.78, 5) is 25.5. The van der Waals surface area contributed by atoms with Gasteiger partial charge in [-0.25, -0.2) is 0 Å². The smallest absolute Gasteiger partial charge is 0.244 e. The Kier molecular flexibility index (Phi) is 6.40. The van der Waals surface area contributed by atoms with Gasteiger partial charge in [0.05, 0.1) is 24.9 Å². The van der Waals surface area contributed by atoms with Crippen LogP contribution in [0.3, 0.4) is 0 Å². The molecule has 0 spiro atoms. The van der Waals surface area contributed by atoms with Crippen LogP contribution in [-0.2, 0) is 14.3 Å². The van der Waals surface area contributed by atoms with E-state index in [4.69, 9.17) is 9.47 Å². The summed E-state index contributed by atoms with van der Waals surface area (Å²) in [5, 5.41) is 2.81. The zero-order valence-corrected chi connectivity index (χ0v) is 13.7. The number of carbonyl (C=O) groups is 2. The molecule has 2 amide bonds. The largest absolute Gasteiger partial charge is 0.492 e. The van der Waals surface area contributed by atoms with Crippen LogP contribution in [0.25, 0.3) is 0 Å². The molecule has 0 saturated carbocycles. The van der Waals surface area contributed by atoms with E-state index in [2.05, 4.69) is 5.32 Å². The topological polar surface area (TPSA) is 67.9 Å². The predicted octanol–water partition coefficient (Wildman–Crippen LogP) is 2.05. The third kappa shape index (κ3) is 5.25. The average molecular weight is 320 g/mol. The molecule has 2 rings (SSSR count). The molecule has 1 aromatic carbocycles. The van der Waals surface area contributed by atoms with Crippen molar-refractivity contribution in [3.8, 4) is 5.75 Å². The highest BCUT2D eigenvalue weighted by Gasteiger charge is 2.22. The van der Waals surface area contributed by atoms with Gasteiger partial charge in [0.15, 0.2) is 0 Å². The molecule has 1 atom stereocenters. The Morgan fingerprint density at radius 1 is 1.39 bits per heavy atom. The maximum absolute atomic E-state index is 12.3. The molecule has 1 heterocycles. The van der Waals surface area contributed by atoms with Gasteiger partial charge in [0, 0.05) is 20.1 Å². The van der Waals surface area contributed by atoms with Crippen LogP contribution >= 0.6 is 0 Å². The van der Waals surface area contributed by atoms with Gasteiger partial charge in [0.25, 0.3) is 0 Å². The van der Waals surface area contributed by atoms with Gasteiger partial charge in [0.2, 0.25) is 11.8 Å². The zero-order valence-electron chi connectivity index (χ0n) is 13.7. The van der Waals surface area contributed by atoms with Crippen LogP contribution in [0.1, 0.15) is 26.7 Å². The second kappa shape index (κ2) is 8.53. The molecular weight excluding hydrogens is 296 g/mol. The van der Waals surface area contributed by atoms with E-state index in [1.54, 1.807) is 12.1 Å². The van der Waals surface area contributed by atoms with Crippen LogP contribution < -0.4 is 10.1 Å². The van der Waals surface area contributed by atoms with Crippen LogP contribution in [0.5, 0.6) is 5.75 Å². The number of anilines is 1. The van der Waals surface area contributed by atoms with Crippen molar-refractivity contribution in [3.63, 3.8) is 0 Å². The molecule has 6 heteroatoms. The molecule has 126 valence electrons. The van der Waals surface area contributed by atoms with E-state index in [1.807, 2.05) is 19.1 Å². The zero-order chi connectivity index (χ0) is 16.7. The summed E-state index contributed by atoms with van der Waals surface area (Å²) in [5.41, 5.74) is 0.611. The van der Waals surface area contributed by atoms with Crippen molar-refractivity contribution in [2.75, 3.05) is 31.6 Å². The molecule has 1 aliphatic heterocycles. The maximum atomic E-state index is 12.3. The van der Waals surface area contributed by atoms with E-state index in [9.17, 15) is 9.59 Å². The van der Waals surface area contributed by atoms with Gasteiger partial charge in [-0.15, -0.1) is 0 Å². The molecule has 1 aliphatic rings. The summed E-state index contributed by atoms with van der Waals surface area (Å²) in [6, 6.07) is 7.25. The first kappa shape index (κ1) is 17.3. The average Bonchev–Trinajstić information content (AvgIpc) is 3.02. The third-order valence-electron chi connectivity index (χ3n) is 3.69. The molecule has 0 bridgehead atoms. The number of para-hydroxylation sites is 2. The van der Waals surface area contributed by atoms with Gasteiger partial charge in [0.1, 0.15) is 5.75 Å². The number of rotatable bonds is 7. The Morgan fingerprint density at radius 3 is 2.83 bits per heavy atom. The summed E-state index contributed by atoms with van der Waals surface area (Å²) in [6.45, 7) is 5.06. The second-order valence-corrected chi connectivity index (χ2v) is 5.51. The summed E-state index contributed by atoms with van der Waals surface area (Å²) in [6.07, 6.45) is 1.96. The minimum absolute atomic E-state index is 0.00958. The number of nitrogens with one attached hydrogen (secondary N) is 1. The molecule has 23 heavy (non-hydrogen) atoms. The lowest BCUT2D eigenvalue weighted by molar-refractivity contribution is -0.134. The lowest BCUT2D eigenvalue weighted by atomic mass is 10.2. The summed E-state index contributed by atoms with van der Waals surface area (Å²) in [7, 11) is 0. The van der Waals surface area contributed by atoms with Crippen molar-refractivity contribution in [1.29, 1.82) is 0 Å². The molecule has 1 aromatic rings. The summed E-state index contributed by atoms with van der Waals surface area (Å²) < 4.78 is 11.0. The normalized spacial score (nSPS) is 16.9. The van der Waals surface area contributed by atoms with Gasteiger partial charge < -0.3 is 19.7 Å². The molecule has 1 saturated heterocycles. The first-order valence-corrected chi connectivity index (χ1v) is 7.99. The quantitative estimate of drug-likeness (QED) is 0.835. The Morgan fingerprint density at radius 2 is 2.17 bits per heavy atom. The molecule has 0 radical (unpaired) electrons. The van der Waals surface area contributed by atoms with E-state index in [0.717, 1.165) is 19.4 Å². The van der Waals surface area contributed by atoms with Crippen LogP contribution in [0.4, 0.5) is 5.69 Å². The molecule has 0 aliphatic carbocycles. The first-order valence-electron chi connectivity index (χ1n) is 7.99.